The van der Waals surface area contributed by atoms with E-state index >= 15 is 0 Å². The molecule has 0 radical (unpaired) electrons. The second kappa shape index (κ2) is 9.37. The van der Waals surface area contributed by atoms with Gasteiger partial charge in [-0.15, -0.1) is 11.8 Å². The zero-order chi connectivity index (χ0) is 14.1. The molecule has 0 aliphatic heterocycles. The third-order valence-electron chi connectivity index (χ3n) is 2.85. The average molecular weight is 283 g/mol. The maximum absolute atomic E-state index is 9.70. The topological polar surface area (TPSA) is 41.5 Å². The van der Waals surface area contributed by atoms with Crippen molar-refractivity contribution in [1.29, 1.82) is 0 Å². The lowest BCUT2D eigenvalue weighted by Gasteiger charge is -2.13. The Morgan fingerprint density at radius 1 is 1.26 bits per heavy atom. The van der Waals surface area contributed by atoms with E-state index in [0.717, 1.165) is 6.54 Å². The molecule has 0 saturated heterocycles. The predicted molar refractivity (Wildman–Crippen MR) is 81.8 cm³/mol. The summed E-state index contributed by atoms with van der Waals surface area (Å²) in [5, 5.41) is 13.1. The van der Waals surface area contributed by atoms with Crippen molar-refractivity contribution in [2.24, 2.45) is 0 Å². The van der Waals surface area contributed by atoms with Crippen LogP contribution in [-0.4, -0.2) is 36.7 Å². The number of nitrogens with one attached hydrogen (secondary N) is 1. The molecule has 4 heteroatoms. The highest BCUT2D eigenvalue weighted by Crippen LogP contribution is 2.21. The van der Waals surface area contributed by atoms with E-state index in [-0.39, 0.29) is 0 Å². The van der Waals surface area contributed by atoms with Gasteiger partial charge in [-0.25, -0.2) is 0 Å². The first-order chi connectivity index (χ1) is 9.17. The molecule has 0 aliphatic rings. The lowest BCUT2D eigenvalue weighted by molar-refractivity contribution is 0.0551. The third-order valence-corrected chi connectivity index (χ3v) is 4.00. The van der Waals surface area contributed by atoms with Crippen LogP contribution in [0.25, 0.3) is 0 Å². The zero-order valence-corrected chi connectivity index (χ0v) is 12.9. The van der Waals surface area contributed by atoms with Gasteiger partial charge in [0.1, 0.15) is 0 Å². The van der Waals surface area contributed by atoms with Crippen LogP contribution in [0.2, 0.25) is 0 Å². The number of hydrogen-bond donors (Lipinski definition) is 2. The minimum Gasteiger partial charge on any atom is -0.390 e. The van der Waals surface area contributed by atoms with Crippen molar-refractivity contribution in [3.05, 3.63) is 29.8 Å². The van der Waals surface area contributed by atoms with Gasteiger partial charge in [-0.05, 0) is 38.1 Å². The molecule has 1 aromatic carbocycles. The fourth-order valence-electron chi connectivity index (χ4n) is 1.77. The van der Waals surface area contributed by atoms with Gasteiger partial charge in [-0.1, -0.05) is 19.1 Å². The largest absolute Gasteiger partial charge is 0.390 e. The molecule has 0 amide bonds. The molecule has 0 bridgehead atoms. The molecule has 108 valence electrons. The Labute approximate surface area is 120 Å². The molecule has 2 atom stereocenters. The van der Waals surface area contributed by atoms with Gasteiger partial charge in [0.2, 0.25) is 0 Å². The average Bonchev–Trinajstić information content (AvgIpc) is 2.43. The van der Waals surface area contributed by atoms with Gasteiger partial charge in [0.05, 0.1) is 12.7 Å². The third kappa shape index (κ3) is 6.43. The van der Waals surface area contributed by atoms with E-state index in [2.05, 4.69) is 43.4 Å². The minimum atomic E-state index is -0.398. The highest BCUT2D eigenvalue weighted by atomic mass is 32.2. The van der Waals surface area contributed by atoms with Crippen molar-refractivity contribution in [2.45, 2.75) is 37.8 Å². The van der Waals surface area contributed by atoms with Crippen LogP contribution in [-0.2, 0) is 4.74 Å². The molecule has 0 aliphatic carbocycles. The Morgan fingerprint density at radius 3 is 2.53 bits per heavy atom. The summed E-state index contributed by atoms with van der Waals surface area (Å²) in [6.07, 6.45) is -0.398. The molecule has 0 saturated carbocycles. The van der Waals surface area contributed by atoms with E-state index in [1.54, 1.807) is 11.8 Å². The normalized spacial score (nSPS) is 14.3. The number of aliphatic hydroxyl groups is 1. The number of aliphatic hydroxyl groups excluding tert-OH is 1. The molecule has 0 spiro atoms. The second-order valence-corrected chi connectivity index (χ2v) is 5.57. The Bertz CT molecular complexity index is 343. The maximum Gasteiger partial charge on any atom is 0.0867 e. The van der Waals surface area contributed by atoms with Gasteiger partial charge in [-0.3, -0.25) is 0 Å². The summed E-state index contributed by atoms with van der Waals surface area (Å²) < 4.78 is 5.19. The van der Waals surface area contributed by atoms with Crippen LogP contribution in [0.5, 0.6) is 0 Å². The van der Waals surface area contributed by atoms with Gasteiger partial charge in [0.15, 0.2) is 0 Å². The molecule has 3 nitrogen and oxygen atoms in total. The zero-order valence-electron chi connectivity index (χ0n) is 12.1. The first-order valence-electron chi connectivity index (χ1n) is 6.89. The standard InChI is InChI=1S/C15H25NO2S/c1-4-16-12(3)13-6-8-15(9-7-13)19-11-14(17)10-18-5-2/h6-9,12,14,16-17H,4-5,10-11H2,1-3H3. The number of ether oxygens (including phenoxy) is 1. The van der Waals surface area contributed by atoms with Gasteiger partial charge < -0.3 is 15.2 Å². The van der Waals surface area contributed by atoms with Gasteiger partial charge >= 0.3 is 0 Å². The fourth-order valence-corrected chi connectivity index (χ4v) is 2.58. The van der Waals surface area contributed by atoms with Crippen LogP contribution in [0, 0.1) is 0 Å². The van der Waals surface area contributed by atoms with Crippen LogP contribution in [0.15, 0.2) is 29.2 Å². The summed E-state index contributed by atoms with van der Waals surface area (Å²) in [6, 6.07) is 8.89. The Kier molecular flexibility index (Phi) is 8.14. The van der Waals surface area contributed by atoms with E-state index in [9.17, 15) is 5.11 Å². The van der Waals surface area contributed by atoms with Crippen molar-refractivity contribution in [2.75, 3.05) is 25.5 Å². The van der Waals surface area contributed by atoms with Crippen LogP contribution < -0.4 is 5.32 Å². The molecule has 19 heavy (non-hydrogen) atoms. The van der Waals surface area contributed by atoms with Crippen molar-refractivity contribution in [1.82, 2.24) is 5.32 Å². The molecule has 0 heterocycles. The van der Waals surface area contributed by atoms with Crippen molar-refractivity contribution in [3.63, 3.8) is 0 Å². The fraction of sp³-hybridized carbons (Fsp3) is 0.600. The first-order valence-corrected chi connectivity index (χ1v) is 7.87. The number of benzene rings is 1. The highest BCUT2D eigenvalue weighted by Gasteiger charge is 2.06. The number of rotatable bonds is 9. The summed E-state index contributed by atoms with van der Waals surface area (Å²) in [4.78, 5) is 1.18. The predicted octanol–water partition coefficient (Wildman–Crippen LogP) is 2.85. The van der Waals surface area contributed by atoms with Crippen LogP contribution in [0.3, 0.4) is 0 Å². The molecule has 2 unspecified atom stereocenters. The molecular formula is C15H25NO2S. The van der Waals surface area contributed by atoms with Crippen LogP contribution >= 0.6 is 11.8 Å². The Balaban J connectivity index is 2.39. The van der Waals surface area contributed by atoms with Crippen LogP contribution in [0.1, 0.15) is 32.4 Å². The van der Waals surface area contributed by atoms with E-state index in [4.69, 9.17) is 4.74 Å². The molecular weight excluding hydrogens is 258 g/mol. The van der Waals surface area contributed by atoms with Gasteiger partial charge in [0.25, 0.3) is 0 Å². The Morgan fingerprint density at radius 2 is 1.95 bits per heavy atom. The summed E-state index contributed by atoms with van der Waals surface area (Å²) in [7, 11) is 0. The molecule has 2 N–H and O–H groups in total. The summed E-state index contributed by atoms with van der Waals surface area (Å²) in [6.45, 7) is 8.25. The number of thioether (sulfide) groups is 1. The summed E-state index contributed by atoms with van der Waals surface area (Å²) >= 11 is 1.66. The van der Waals surface area contributed by atoms with Gasteiger partial charge in [-0.2, -0.15) is 0 Å². The molecule has 1 aromatic rings. The monoisotopic (exact) mass is 283 g/mol. The van der Waals surface area contributed by atoms with Crippen molar-refractivity contribution >= 4 is 11.8 Å². The second-order valence-electron chi connectivity index (χ2n) is 4.47. The van der Waals surface area contributed by atoms with E-state index in [1.165, 1.54) is 10.5 Å². The van der Waals surface area contributed by atoms with Gasteiger partial charge in [0, 0.05) is 23.3 Å². The summed E-state index contributed by atoms with van der Waals surface area (Å²) in [5.74, 6) is 0.669. The number of hydrogen-bond acceptors (Lipinski definition) is 4. The van der Waals surface area contributed by atoms with E-state index in [0.29, 0.717) is 25.0 Å². The smallest absolute Gasteiger partial charge is 0.0867 e. The molecule has 1 rings (SSSR count). The minimum absolute atomic E-state index is 0.382. The van der Waals surface area contributed by atoms with Crippen molar-refractivity contribution < 1.29 is 9.84 Å². The van der Waals surface area contributed by atoms with Crippen molar-refractivity contribution in [3.8, 4) is 0 Å². The first kappa shape index (κ1) is 16.5. The maximum atomic E-state index is 9.70. The lowest BCUT2D eigenvalue weighted by atomic mass is 10.1. The molecule has 0 aromatic heterocycles. The Hall–Kier alpha value is -0.550. The summed E-state index contributed by atoms with van der Waals surface area (Å²) in [5.41, 5.74) is 1.29. The van der Waals surface area contributed by atoms with E-state index < -0.39 is 6.10 Å². The van der Waals surface area contributed by atoms with Crippen LogP contribution in [0.4, 0.5) is 0 Å². The quantitative estimate of drug-likeness (QED) is 0.684. The molecule has 0 fully saturated rings. The highest BCUT2D eigenvalue weighted by molar-refractivity contribution is 7.99. The SMILES string of the molecule is CCNC(C)c1ccc(SCC(O)COCC)cc1. The lowest BCUT2D eigenvalue weighted by Crippen LogP contribution is -2.18. The van der Waals surface area contributed by atoms with E-state index in [1.807, 2.05) is 6.92 Å².